The number of allylic oxidation sites excluding steroid dienone is 1. The van der Waals surface area contributed by atoms with E-state index in [4.69, 9.17) is 73.4 Å². The summed E-state index contributed by atoms with van der Waals surface area (Å²) in [5, 5.41) is 73.7. The number of carbonyl (C=O) groups is 19. The molecule has 51 heteroatoms. The van der Waals surface area contributed by atoms with Crippen LogP contribution in [0.25, 0.3) is 0 Å². The van der Waals surface area contributed by atoms with Crippen LogP contribution in [0.5, 0.6) is 0 Å². The number of carboxylic acid groups (broad SMARTS) is 2. The van der Waals surface area contributed by atoms with Gasteiger partial charge in [0.2, 0.25) is 76.7 Å². The second kappa shape index (κ2) is 90.7. The van der Waals surface area contributed by atoms with Crippen LogP contribution in [0.15, 0.2) is 36.5 Å². The molecule has 0 spiro atoms. The molecule has 0 aromatic rings. The van der Waals surface area contributed by atoms with Crippen molar-refractivity contribution >= 4 is 176 Å². The number of aliphatic carboxylic acids is 2. The summed E-state index contributed by atoms with van der Waals surface area (Å²) in [4.78, 5) is 226. The molecule has 0 aliphatic rings. The van der Waals surface area contributed by atoms with Crippen molar-refractivity contribution in [3.8, 4) is 0 Å². The van der Waals surface area contributed by atoms with Crippen LogP contribution in [0.2, 0.25) is 0 Å². The number of hydrogen-bond acceptors (Lipinski definition) is 32. The first-order valence-corrected chi connectivity index (χ1v) is 46.2. The molecule has 140 heavy (non-hydrogen) atoms. The van der Waals surface area contributed by atoms with Crippen LogP contribution in [-0.2, 0) is 169 Å². The molecule has 0 saturated carbocycles. The predicted octanol–water partition coefficient (Wildman–Crippen LogP) is 0.933. The van der Waals surface area contributed by atoms with Gasteiger partial charge in [-0.15, -0.1) is 23.2 Å². The van der Waals surface area contributed by atoms with Crippen molar-refractivity contribution in [2.24, 2.45) is 32.5 Å². The number of halogens is 4. The molecule has 0 heterocycles. The second-order valence-corrected chi connectivity index (χ2v) is 32.9. The summed E-state index contributed by atoms with van der Waals surface area (Å²) in [5.41, 5.74) is -1.71. The molecule has 0 aliphatic heterocycles. The summed E-state index contributed by atoms with van der Waals surface area (Å²) in [5.74, 6) is -13.6. The predicted molar refractivity (Wildman–Crippen MR) is 518 cm³/mol. The Balaban J connectivity index is -0.000000102. The number of amides is 8. The van der Waals surface area contributed by atoms with E-state index in [9.17, 15) is 106 Å². The maximum Gasteiger partial charge on any atom is 0 e. The molecule has 816 valence electrons. The van der Waals surface area contributed by atoms with E-state index < -0.39 is 176 Å². The Kier molecular flexibility index (Phi) is 107. The molecule has 43 nitrogen and oxygen atoms in total. The van der Waals surface area contributed by atoms with Gasteiger partial charge in [0.1, 0.15) is 0 Å². The smallest absolute Gasteiger partial charge is 0 e. The van der Waals surface area contributed by atoms with Gasteiger partial charge in [0.05, 0.1) is 82.6 Å². The maximum atomic E-state index is 12.9. The van der Waals surface area contributed by atoms with Crippen molar-refractivity contribution in [3.63, 3.8) is 0 Å². The van der Waals surface area contributed by atoms with Crippen LogP contribution < -0.4 is 60.7 Å². The Bertz CT molecular complexity index is 3550. The van der Waals surface area contributed by atoms with E-state index in [1.807, 2.05) is 38.5 Å². The summed E-state index contributed by atoms with van der Waals surface area (Å²) in [6.07, 6.45) is -0.896. The molecule has 0 rings (SSSR count). The van der Waals surface area contributed by atoms with Gasteiger partial charge in [0.15, 0.2) is 0 Å². The molecule has 7 unspecified atom stereocenters. The molecule has 0 fully saturated rings. The zero-order chi connectivity index (χ0) is 109. The molecule has 0 saturated heterocycles. The molecule has 0 aromatic carbocycles. The van der Waals surface area contributed by atoms with Crippen molar-refractivity contribution in [1.29, 1.82) is 4.35 Å². The summed E-state index contributed by atoms with van der Waals surface area (Å²) >= 11 is 18.0. The quantitative estimate of drug-likeness (QED) is 0.00589. The van der Waals surface area contributed by atoms with Gasteiger partial charge < -0.3 is 129 Å². The van der Waals surface area contributed by atoms with Crippen LogP contribution in [0.1, 0.15) is 225 Å². The number of nitrogens with one attached hydrogen (secondary N) is 9. The van der Waals surface area contributed by atoms with Crippen LogP contribution >= 0.6 is 34.8 Å². The van der Waals surface area contributed by atoms with E-state index in [1.165, 1.54) is 27.7 Å². The van der Waals surface area contributed by atoms with Crippen LogP contribution in [-0.4, -0.2) is 311 Å². The van der Waals surface area contributed by atoms with Crippen molar-refractivity contribution < 1.29 is 218 Å². The number of carboxylic acids is 2. The monoisotopic (exact) mass is 2460 g/mol. The molecular weight excluding hydrogens is 2310 g/mol. The van der Waals surface area contributed by atoms with Gasteiger partial charge in [-0.2, -0.15) is 0 Å². The van der Waals surface area contributed by atoms with Crippen molar-refractivity contribution in [3.05, 3.63) is 51.3 Å². The molecule has 0 bridgehead atoms. The largest absolute Gasteiger partial charge is 0 e. The number of carbonyl (C=O) groups excluding carboxylic acids is 17. The molecule has 7 atom stereocenters. The molecule has 18 N–H and O–H groups in total. The summed E-state index contributed by atoms with van der Waals surface area (Å²) in [7, 11) is 0. The van der Waals surface area contributed by atoms with E-state index in [0.29, 0.717) is 30.4 Å². The Morgan fingerprint density at radius 1 is 0.364 bits per heavy atom. The van der Waals surface area contributed by atoms with Gasteiger partial charge in [-0.05, 0) is 154 Å². The number of aliphatic hydroxyl groups excluding tert-OH is 4. The first kappa shape index (κ1) is 165. The van der Waals surface area contributed by atoms with Gasteiger partial charge >= 0.3 is 104 Å². The summed E-state index contributed by atoms with van der Waals surface area (Å²) < 4.78 is 43.6. The van der Waals surface area contributed by atoms with E-state index in [0.717, 1.165) is 0 Å². The number of rotatable bonds is 48. The molecule has 0 aromatic heterocycles. The second-order valence-electron chi connectivity index (χ2n) is 31.7. The Morgan fingerprint density at radius 2 is 0.536 bits per heavy atom. The third kappa shape index (κ3) is 77.3. The first-order valence-electron chi connectivity index (χ1n) is 42.6. The maximum absolute atomic E-state index is 12.9. The zero-order valence-corrected chi connectivity index (χ0v) is 95.4. The molecule has 0 aliphatic carbocycles. The molecular formula is C89H160AlBCl4N10O33Pt2+2. The van der Waals surface area contributed by atoms with Crippen LogP contribution in [0.3, 0.4) is 0 Å². The van der Waals surface area contributed by atoms with E-state index in [1.54, 1.807) is 161 Å². The number of ether oxygens (including phenoxy) is 8. The third-order valence-electron chi connectivity index (χ3n) is 17.5. The SMILES string of the molecule is C=C(C)C(=O)Cl.C=C(C)C(=O)NC(C(=O)OCC)C(=O)OCC.C=C(C)C(=O)NCC(C)O.CCC(C)(CC(C)(C)C(=O)NC(C(=O)O)C(=O)O)C(=O)NCC(C)O.CCOC(=O)C(NC(=O)C(C)(C)CC(C)(CC)C(=O)NCC(C)O)C(=O)OCC.CCOC(=O)C(NC(=O)C(C)(C)CC(C)(CC)C(=O)NCC(C)O)C(=O)OCC.CCOC(=O)C([NH3+])C(=O)OCC.ClCCl.[B].[CH2]=[Pt].[CH3+].[CH3+].[Cl-].[NH]=[Al].[Pt]. The van der Waals surface area contributed by atoms with E-state index in [2.05, 4.69) is 86.5 Å². The zero-order valence-electron chi connectivity index (χ0n) is 86.7. The van der Waals surface area contributed by atoms with Gasteiger partial charge in [0.25, 0.3) is 6.04 Å². The van der Waals surface area contributed by atoms with Crippen molar-refractivity contribution in [2.45, 2.75) is 280 Å². The fourth-order valence-electron chi connectivity index (χ4n) is 10.1. The summed E-state index contributed by atoms with van der Waals surface area (Å²) in [6, 6.07) is -7.70. The number of hydrogen-bond donors (Lipinski definition) is 16. The normalized spacial score (nSPS) is 12.1. The van der Waals surface area contributed by atoms with Crippen molar-refractivity contribution in [1.82, 2.24) is 42.5 Å². The minimum absolute atomic E-state index is 0. The Morgan fingerprint density at radius 3 is 0.693 bits per heavy atom. The standard InChI is InChI=1S/2C20H36N2O7.C16H28N2O7.C11H17NO5.C7H13NO4.C7H13NO2.C4H5ClO.CH2Cl2.2CH3.CH2.Al.B.ClH.HN.2Pt/c2*1-8-20(7,18(27)21-11-13(4)23)12-19(5,6)17(26)22-14(15(24)28-9-2)16(25)29-10-3;1-6-16(5,14(25)17-7-9(2)19)8-15(3,4)13(24)18-10(11(20)21)12(22)23;1-5-16-10(14)8(11(15)17-6-2)12-9(13)7(3)4;1-3-11-6(9)5(8)7(10)12-4-2;1-5(2)7(10)8-4-6(3)9;1-3(2)4(5)6;2-1-3;;;;;;;;;/h2*13-14,23H,8-12H2,1-7H3,(H,21,27)(H,22,26);9-10,19H,6-8H2,1-5H3,(H,17,25)(H,18,24)(H,20,21)(H,22,23);8H,3,5-6H2,1-2,4H3,(H,12,13);5H,3-4,8H2,1-2H3;6,9H,1,4H2,2-3H3,(H,8,10);1H2,2H3;1H2;2*1H3;1H2;;;2*1H;;/q;;;;;;;;2*+1;;;;;;;. The minimum atomic E-state index is -2.05. The Labute approximate surface area is 883 Å². The first-order chi connectivity index (χ1) is 62.1. The van der Waals surface area contributed by atoms with Crippen LogP contribution in [0, 0.1) is 51.7 Å². The average molecular weight is 2470 g/mol. The van der Waals surface area contributed by atoms with Gasteiger partial charge in [-0.3, -0.25) is 43.2 Å². The number of aliphatic hydroxyl groups is 4. The van der Waals surface area contributed by atoms with Gasteiger partial charge in [0, 0.05) is 120 Å². The Hall–Kier alpha value is -8.31. The number of quaternary nitrogens is 1. The fraction of sp³-hybridized carbons (Fsp3) is 0.685. The molecule has 4 radical (unpaired) electrons. The van der Waals surface area contributed by atoms with Gasteiger partial charge in [-0.1, -0.05) is 103 Å². The van der Waals surface area contributed by atoms with Gasteiger partial charge in [-0.25, -0.2) is 47.9 Å². The van der Waals surface area contributed by atoms with E-state index in [-0.39, 0.29) is 190 Å². The molecule has 8 amide bonds. The summed E-state index contributed by atoms with van der Waals surface area (Å²) in [6.45, 7) is 55.4. The third-order valence-corrected chi connectivity index (χ3v) is 17.9. The number of esters is 8. The van der Waals surface area contributed by atoms with E-state index >= 15 is 0 Å². The minimum Gasteiger partial charge on any atom is 0 e. The van der Waals surface area contributed by atoms with Crippen molar-refractivity contribution in [2.75, 3.05) is 84.4 Å². The average Bonchev–Trinajstić information content (AvgIpc) is 0.818. The topological polar surface area (TPSA) is 667 Å². The fourth-order valence-corrected chi connectivity index (χ4v) is 10.1. The number of alkyl halides is 2. The van der Waals surface area contributed by atoms with Crippen LogP contribution in [0.4, 0.5) is 0 Å².